The summed E-state index contributed by atoms with van der Waals surface area (Å²) in [5.74, 6) is 0.891. The zero-order chi connectivity index (χ0) is 21.3. The summed E-state index contributed by atoms with van der Waals surface area (Å²) in [5.41, 5.74) is -0.469. The van der Waals surface area contributed by atoms with Gasteiger partial charge in [-0.15, -0.1) is 24.0 Å². The molecule has 1 heterocycles. The summed E-state index contributed by atoms with van der Waals surface area (Å²) >= 11 is 0. The minimum absolute atomic E-state index is 0. The van der Waals surface area contributed by atoms with E-state index in [4.69, 9.17) is 14.2 Å². The maximum Gasteiger partial charge on any atom is 0.410 e. The zero-order valence-corrected chi connectivity index (χ0v) is 21.6. The summed E-state index contributed by atoms with van der Waals surface area (Å²) in [5, 5.41) is 3.41. The van der Waals surface area contributed by atoms with Gasteiger partial charge in [-0.1, -0.05) is 0 Å². The molecule has 1 saturated heterocycles. The highest BCUT2D eigenvalue weighted by Crippen LogP contribution is 2.28. The second kappa shape index (κ2) is 13.6. The average Bonchev–Trinajstić information content (AvgIpc) is 3.50. The Morgan fingerprint density at radius 2 is 1.83 bits per heavy atom. The van der Waals surface area contributed by atoms with Crippen molar-refractivity contribution in [2.24, 2.45) is 4.99 Å². The molecule has 1 N–H and O–H groups in total. The lowest BCUT2D eigenvalue weighted by molar-refractivity contribution is 0.00975. The standard InChI is InChI=1S/C21H40N4O4.HI/c1-21(2,3)29-20(26)25(17-7-8-17)14-11-23-19(22-4)24-12-9-18(10-13-24)28-16-6-15-27-5;/h17-18H,6-16H2,1-5H3,(H,22,23);1H. The molecular weight excluding hydrogens is 499 g/mol. The lowest BCUT2D eigenvalue weighted by Crippen LogP contribution is -2.49. The van der Waals surface area contributed by atoms with Crippen LogP contribution >= 0.6 is 24.0 Å². The van der Waals surface area contributed by atoms with Crippen LogP contribution in [0, 0.1) is 0 Å². The van der Waals surface area contributed by atoms with E-state index in [1.54, 1.807) is 7.11 Å². The minimum Gasteiger partial charge on any atom is -0.444 e. The molecule has 9 heteroatoms. The number of guanidine groups is 1. The minimum atomic E-state index is -0.469. The first-order chi connectivity index (χ1) is 13.8. The molecule has 2 rings (SSSR count). The molecule has 1 amide bonds. The highest BCUT2D eigenvalue weighted by molar-refractivity contribution is 14.0. The van der Waals surface area contributed by atoms with Crippen molar-refractivity contribution in [3.8, 4) is 0 Å². The SMILES string of the molecule is CN=C(NCCN(C(=O)OC(C)(C)C)C1CC1)N1CCC(OCCCOC)CC1.I. The Kier molecular flexibility index (Phi) is 12.3. The van der Waals surface area contributed by atoms with E-state index in [9.17, 15) is 4.79 Å². The number of amides is 1. The van der Waals surface area contributed by atoms with Crippen molar-refractivity contribution >= 4 is 36.0 Å². The fraction of sp³-hybridized carbons (Fsp3) is 0.905. The van der Waals surface area contributed by atoms with Crippen LogP contribution in [0.1, 0.15) is 52.9 Å². The Morgan fingerprint density at radius 1 is 1.17 bits per heavy atom. The van der Waals surface area contributed by atoms with E-state index in [0.29, 0.717) is 25.2 Å². The van der Waals surface area contributed by atoms with E-state index >= 15 is 0 Å². The van der Waals surface area contributed by atoms with Crippen LogP contribution in [-0.4, -0.2) is 93.1 Å². The van der Waals surface area contributed by atoms with Crippen LogP contribution in [-0.2, 0) is 14.2 Å². The number of halogens is 1. The van der Waals surface area contributed by atoms with Gasteiger partial charge in [0.25, 0.3) is 0 Å². The van der Waals surface area contributed by atoms with Crippen LogP contribution in [0.15, 0.2) is 4.99 Å². The van der Waals surface area contributed by atoms with Gasteiger partial charge in [-0.3, -0.25) is 4.99 Å². The van der Waals surface area contributed by atoms with Crippen LogP contribution in [0.5, 0.6) is 0 Å². The molecule has 1 aliphatic carbocycles. The second-order valence-corrected chi connectivity index (χ2v) is 8.78. The first-order valence-corrected chi connectivity index (χ1v) is 10.9. The molecule has 0 aromatic heterocycles. The number of carbonyl (C=O) groups is 1. The van der Waals surface area contributed by atoms with Crippen LogP contribution in [0.3, 0.4) is 0 Å². The Balaban J connectivity index is 0.00000450. The zero-order valence-electron chi connectivity index (χ0n) is 19.3. The molecule has 30 heavy (non-hydrogen) atoms. The number of hydrogen-bond acceptors (Lipinski definition) is 5. The van der Waals surface area contributed by atoms with Crippen molar-refractivity contribution in [3.63, 3.8) is 0 Å². The maximum absolute atomic E-state index is 12.5. The van der Waals surface area contributed by atoms with Gasteiger partial charge in [0.2, 0.25) is 0 Å². The number of carbonyl (C=O) groups excluding carboxylic acids is 1. The summed E-state index contributed by atoms with van der Waals surface area (Å²) in [6.07, 6.45) is 5.16. The van der Waals surface area contributed by atoms with Gasteiger partial charge in [0.1, 0.15) is 5.60 Å². The number of likely N-dealkylation sites (tertiary alicyclic amines) is 1. The van der Waals surface area contributed by atoms with E-state index in [1.165, 1.54) is 0 Å². The number of nitrogens with zero attached hydrogens (tertiary/aromatic N) is 3. The van der Waals surface area contributed by atoms with E-state index in [1.807, 2.05) is 32.7 Å². The number of rotatable bonds is 9. The Morgan fingerprint density at radius 3 is 2.37 bits per heavy atom. The topological polar surface area (TPSA) is 75.6 Å². The third-order valence-corrected chi connectivity index (χ3v) is 5.05. The molecular formula is C21H41IN4O4. The smallest absolute Gasteiger partial charge is 0.410 e. The Bertz CT molecular complexity index is 530. The number of nitrogens with one attached hydrogen (secondary N) is 1. The van der Waals surface area contributed by atoms with Crippen molar-refractivity contribution in [1.29, 1.82) is 0 Å². The monoisotopic (exact) mass is 540 g/mol. The molecule has 1 saturated carbocycles. The molecule has 176 valence electrons. The molecule has 2 fully saturated rings. The quantitative estimate of drug-likeness (QED) is 0.210. The van der Waals surface area contributed by atoms with Crippen molar-refractivity contribution in [2.45, 2.75) is 70.6 Å². The molecule has 0 radical (unpaired) electrons. The number of aliphatic imine (C=N–C) groups is 1. The number of piperidine rings is 1. The number of ether oxygens (including phenoxy) is 3. The first kappa shape index (κ1) is 27.2. The van der Waals surface area contributed by atoms with Gasteiger partial charge in [0.15, 0.2) is 5.96 Å². The summed E-state index contributed by atoms with van der Waals surface area (Å²) in [7, 11) is 3.52. The highest BCUT2D eigenvalue weighted by Gasteiger charge is 2.35. The van der Waals surface area contributed by atoms with Gasteiger partial charge in [-0.2, -0.15) is 0 Å². The number of hydrogen-bond donors (Lipinski definition) is 1. The van der Waals surface area contributed by atoms with Crippen molar-refractivity contribution in [2.75, 3.05) is 53.6 Å². The molecule has 0 unspecified atom stereocenters. The maximum atomic E-state index is 12.5. The molecule has 0 bridgehead atoms. The van der Waals surface area contributed by atoms with E-state index in [2.05, 4.69) is 15.2 Å². The van der Waals surface area contributed by atoms with Gasteiger partial charge in [-0.05, 0) is 52.9 Å². The average molecular weight is 540 g/mol. The van der Waals surface area contributed by atoms with Crippen LogP contribution in [0.25, 0.3) is 0 Å². The van der Waals surface area contributed by atoms with Crippen molar-refractivity contribution < 1.29 is 19.0 Å². The van der Waals surface area contributed by atoms with E-state index in [-0.39, 0.29) is 30.1 Å². The van der Waals surface area contributed by atoms with Gasteiger partial charge in [-0.25, -0.2) is 4.79 Å². The predicted octanol–water partition coefficient (Wildman–Crippen LogP) is 3.10. The fourth-order valence-corrected chi connectivity index (χ4v) is 3.44. The van der Waals surface area contributed by atoms with Crippen molar-refractivity contribution in [3.05, 3.63) is 0 Å². The van der Waals surface area contributed by atoms with Gasteiger partial charge >= 0.3 is 6.09 Å². The molecule has 2 aliphatic rings. The van der Waals surface area contributed by atoms with Crippen molar-refractivity contribution in [1.82, 2.24) is 15.1 Å². The summed E-state index contributed by atoms with van der Waals surface area (Å²) in [6, 6.07) is 0.319. The predicted molar refractivity (Wildman–Crippen MR) is 130 cm³/mol. The second-order valence-electron chi connectivity index (χ2n) is 8.78. The highest BCUT2D eigenvalue weighted by atomic mass is 127. The lowest BCUT2D eigenvalue weighted by Gasteiger charge is -2.34. The Labute approximate surface area is 199 Å². The summed E-state index contributed by atoms with van der Waals surface area (Å²) in [6.45, 7) is 10.3. The summed E-state index contributed by atoms with van der Waals surface area (Å²) < 4.78 is 16.6. The summed E-state index contributed by atoms with van der Waals surface area (Å²) in [4.78, 5) is 21.0. The van der Waals surface area contributed by atoms with Gasteiger partial charge in [0.05, 0.1) is 6.10 Å². The molecule has 0 atom stereocenters. The normalized spacial score (nSPS) is 18.0. The third kappa shape index (κ3) is 10.00. The third-order valence-electron chi connectivity index (χ3n) is 5.05. The lowest BCUT2D eigenvalue weighted by atomic mass is 10.1. The van der Waals surface area contributed by atoms with Gasteiger partial charge in [0, 0.05) is 59.6 Å². The molecule has 0 aromatic carbocycles. The van der Waals surface area contributed by atoms with Crippen LogP contribution in [0.4, 0.5) is 4.79 Å². The first-order valence-electron chi connectivity index (χ1n) is 10.9. The number of methoxy groups -OCH3 is 1. The molecule has 8 nitrogen and oxygen atoms in total. The van der Waals surface area contributed by atoms with E-state index < -0.39 is 5.60 Å². The van der Waals surface area contributed by atoms with Crippen LogP contribution < -0.4 is 5.32 Å². The van der Waals surface area contributed by atoms with Crippen LogP contribution in [0.2, 0.25) is 0 Å². The Hall–Kier alpha value is -0.810. The molecule has 1 aliphatic heterocycles. The largest absolute Gasteiger partial charge is 0.444 e. The van der Waals surface area contributed by atoms with Gasteiger partial charge < -0.3 is 29.3 Å². The fourth-order valence-electron chi connectivity index (χ4n) is 3.44. The molecule has 0 aromatic rings. The molecule has 0 spiro atoms. The van der Waals surface area contributed by atoms with E-state index in [0.717, 1.165) is 64.4 Å².